The number of halogens is 1. The summed E-state index contributed by atoms with van der Waals surface area (Å²) in [5.74, 6) is 1.34. The molecule has 1 aliphatic rings. The number of nitrogens with zero attached hydrogens (tertiary/aromatic N) is 3. The minimum Gasteiger partial charge on any atom is -0.370 e. The molecule has 84 valence electrons. The second kappa shape index (κ2) is 4.03. The third kappa shape index (κ3) is 1.49. The number of rotatable bonds is 2. The maximum atomic E-state index is 5.86. The molecule has 1 atom stereocenters. The predicted octanol–water partition coefficient (Wildman–Crippen LogP) is 2.32. The van der Waals surface area contributed by atoms with Crippen LogP contribution >= 0.6 is 11.6 Å². The second-order valence-corrected chi connectivity index (χ2v) is 4.19. The number of hydrogen-bond donors (Lipinski definition) is 0. The summed E-state index contributed by atoms with van der Waals surface area (Å²) in [5.41, 5.74) is 1.84. The third-order valence-electron chi connectivity index (χ3n) is 2.90. The first-order valence-corrected chi connectivity index (χ1v) is 5.93. The van der Waals surface area contributed by atoms with Crippen LogP contribution in [0.3, 0.4) is 0 Å². The van der Waals surface area contributed by atoms with Gasteiger partial charge in [0.05, 0.1) is 5.88 Å². The van der Waals surface area contributed by atoms with Crippen LogP contribution in [0.2, 0.25) is 0 Å². The zero-order chi connectivity index (χ0) is 11.0. The van der Waals surface area contributed by atoms with Crippen LogP contribution in [-0.2, 0) is 10.6 Å². The molecule has 0 bridgehead atoms. The van der Waals surface area contributed by atoms with E-state index in [0.29, 0.717) is 5.88 Å². The Morgan fingerprint density at radius 3 is 3.19 bits per heavy atom. The van der Waals surface area contributed by atoms with Crippen molar-refractivity contribution < 1.29 is 4.74 Å². The minimum absolute atomic E-state index is 0.0839. The summed E-state index contributed by atoms with van der Waals surface area (Å²) in [6.07, 6.45) is 4.16. The fraction of sp³-hybridized carbons (Fsp3) is 0.455. The van der Waals surface area contributed by atoms with E-state index in [4.69, 9.17) is 16.3 Å². The van der Waals surface area contributed by atoms with Gasteiger partial charge in [-0.05, 0) is 18.9 Å². The monoisotopic (exact) mass is 237 g/mol. The molecule has 3 heterocycles. The van der Waals surface area contributed by atoms with Gasteiger partial charge < -0.3 is 4.74 Å². The first kappa shape index (κ1) is 10.1. The molecule has 2 aromatic rings. The molecule has 0 spiro atoms. The number of alkyl halides is 1. The molecule has 0 unspecified atom stereocenters. The molecule has 16 heavy (non-hydrogen) atoms. The van der Waals surface area contributed by atoms with Crippen molar-refractivity contribution in [2.45, 2.75) is 24.8 Å². The van der Waals surface area contributed by atoms with E-state index in [0.717, 1.165) is 36.5 Å². The smallest absolute Gasteiger partial charge is 0.166 e. The Hall–Kier alpha value is -1.13. The van der Waals surface area contributed by atoms with Crippen LogP contribution in [0.4, 0.5) is 0 Å². The molecule has 4 nitrogen and oxygen atoms in total. The van der Waals surface area contributed by atoms with Gasteiger partial charge in [0, 0.05) is 18.4 Å². The molecular formula is C11H12ClN3O. The summed E-state index contributed by atoms with van der Waals surface area (Å²) >= 11 is 5.86. The van der Waals surface area contributed by atoms with Gasteiger partial charge in [-0.3, -0.25) is 4.40 Å². The summed E-state index contributed by atoms with van der Waals surface area (Å²) in [7, 11) is 0. The molecule has 5 heteroatoms. The lowest BCUT2D eigenvalue weighted by Gasteiger charge is -2.07. The van der Waals surface area contributed by atoms with Crippen molar-refractivity contribution in [1.29, 1.82) is 0 Å². The van der Waals surface area contributed by atoms with Crippen molar-refractivity contribution in [2.75, 3.05) is 6.61 Å². The lowest BCUT2D eigenvalue weighted by molar-refractivity contribution is 0.104. The summed E-state index contributed by atoms with van der Waals surface area (Å²) < 4.78 is 7.60. The average Bonchev–Trinajstić information content (AvgIpc) is 2.96. The molecule has 1 fully saturated rings. The quantitative estimate of drug-likeness (QED) is 0.753. The van der Waals surface area contributed by atoms with Crippen molar-refractivity contribution in [3.05, 3.63) is 29.7 Å². The van der Waals surface area contributed by atoms with Gasteiger partial charge >= 0.3 is 0 Å². The highest BCUT2D eigenvalue weighted by atomic mass is 35.5. The summed E-state index contributed by atoms with van der Waals surface area (Å²) in [6, 6.07) is 3.93. The van der Waals surface area contributed by atoms with Gasteiger partial charge in [-0.2, -0.15) is 0 Å². The van der Waals surface area contributed by atoms with Gasteiger partial charge in [0.2, 0.25) is 0 Å². The topological polar surface area (TPSA) is 39.4 Å². The van der Waals surface area contributed by atoms with Gasteiger partial charge in [-0.1, -0.05) is 6.07 Å². The average molecular weight is 238 g/mol. The highest BCUT2D eigenvalue weighted by Gasteiger charge is 2.23. The van der Waals surface area contributed by atoms with E-state index < -0.39 is 0 Å². The van der Waals surface area contributed by atoms with Crippen LogP contribution in [0.15, 0.2) is 18.3 Å². The van der Waals surface area contributed by atoms with E-state index in [1.165, 1.54) is 0 Å². The van der Waals surface area contributed by atoms with Crippen LogP contribution in [-0.4, -0.2) is 21.2 Å². The summed E-state index contributed by atoms with van der Waals surface area (Å²) in [6.45, 7) is 0.814. The molecule has 0 aliphatic carbocycles. The fourth-order valence-corrected chi connectivity index (χ4v) is 2.30. The standard InChI is InChI=1S/C11H12ClN3O/c12-7-8-3-1-5-15-10(8)13-14-11(15)9-4-2-6-16-9/h1,3,5,9H,2,4,6-7H2/t9-/m0/s1. The largest absolute Gasteiger partial charge is 0.370 e. The van der Waals surface area contributed by atoms with Crippen LogP contribution < -0.4 is 0 Å². The van der Waals surface area contributed by atoms with Crippen LogP contribution in [0.25, 0.3) is 5.65 Å². The van der Waals surface area contributed by atoms with Gasteiger partial charge in [0.25, 0.3) is 0 Å². The molecule has 0 saturated carbocycles. The molecule has 1 saturated heterocycles. The number of fused-ring (bicyclic) bond motifs is 1. The van der Waals surface area contributed by atoms with E-state index in [-0.39, 0.29) is 6.10 Å². The van der Waals surface area contributed by atoms with E-state index in [1.54, 1.807) is 0 Å². The van der Waals surface area contributed by atoms with Gasteiger partial charge in [0.15, 0.2) is 11.5 Å². The number of pyridine rings is 1. The molecule has 0 amide bonds. The molecular weight excluding hydrogens is 226 g/mol. The van der Waals surface area contributed by atoms with Crippen LogP contribution in [0.1, 0.15) is 30.3 Å². The highest BCUT2D eigenvalue weighted by Crippen LogP contribution is 2.27. The highest BCUT2D eigenvalue weighted by molar-refractivity contribution is 6.17. The summed E-state index contributed by atoms with van der Waals surface area (Å²) in [5, 5.41) is 8.40. The van der Waals surface area contributed by atoms with E-state index in [2.05, 4.69) is 10.2 Å². The fourth-order valence-electron chi connectivity index (χ4n) is 2.09. The molecule has 0 N–H and O–H groups in total. The van der Waals surface area contributed by atoms with Crippen LogP contribution in [0, 0.1) is 0 Å². The zero-order valence-corrected chi connectivity index (χ0v) is 9.52. The first-order valence-electron chi connectivity index (χ1n) is 5.40. The second-order valence-electron chi connectivity index (χ2n) is 3.92. The van der Waals surface area contributed by atoms with Gasteiger partial charge in [-0.25, -0.2) is 0 Å². The van der Waals surface area contributed by atoms with Crippen molar-refractivity contribution in [2.24, 2.45) is 0 Å². The maximum Gasteiger partial charge on any atom is 0.166 e. The zero-order valence-electron chi connectivity index (χ0n) is 8.77. The Balaban J connectivity index is 2.12. The number of hydrogen-bond acceptors (Lipinski definition) is 3. The maximum absolute atomic E-state index is 5.86. The Kier molecular flexibility index (Phi) is 2.53. The molecule has 1 aliphatic heterocycles. The van der Waals surface area contributed by atoms with Crippen molar-refractivity contribution in [3.8, 4) is 0 Å². The van der Waals surface area contributed by atoms with E-state index in [9.17, 15) is 0 Å². The van der Waals surface area contributed by atoms with Gasteiger partial charge in [0.1, 0.15) is 6.10 Å². The number of ether oxygens (including phenoxy) is 1. The Bertz CT molecular complexity index is 505. The number of aromatic nitrogens is 3. The van der Waals surface area contributed by atoms with Gasteiger partial charge in [-0.15, -0.1) is 21.8 Å². The van der Waals surface area contributed by atoms with E-state index in [1.807, 2.05) is 22.7 Å². The van der Waals surface area contributed by atoms with Crippen molar-refractivity contribution in [3.63, 3.8) is 0 Å². The third-order valence-corrected chi connectivity index (χ3v) is 3.19. The Morgan fingerprint density at radius 1 is 1.50 bits per heavy atom. The normalized spacial score (nSPS) is 20.7. The SMILES string of the molecule is ClCc1cccn2c([C@@H]3CCCO3)nnc12. The molecule has 0 radical (unpaired) electrons. The van der Waals surface area contributed by atoms with Crippen molar-refractivity contribution in [1.82, 2.24) is 14.6 Å². The molecule has 0 aromatic carbocycles. The Labute approximate surface area is 98.2 Å². The van der Waals surface area contributed by atoms with E-state index >= 15 is 0 Å². The lowest BCUT2D eigenvalue weighted by Crippen LogP contribution is -2.02. The molecule has 2 aromatic heterocycles. The Morgan fingerprint density at radius 2 is 2.44 bits per heavy atom. The summed E-state index contributed by atoms with van der Waals surface area (Å²) in [4.78, 5) is 0. The minimum atomic E-state index is 0.0839. The molecule has 3 rings (SSSR count). The lowest BCUT2D eigenvalue weighted by atomic mass is 10.2. The first-order chi connectivity index (χ1) is 7.90. The van der Waals surface area contributed by atoms with Crippen molar-refractivity contribution >= 4 is 17.2 Å². The predicted molar refractivity (Wildman–Crippen MR) is 60.5 cm³/mol. The van der Waals surface area contributed by atoms with Crippen LogP contribution in [0.5, 0.6) is 0 Å².